The smallest absolute Gasteiger partial charge is 0.335 e. The fourth-order valence-electron chi connectivity index (χ4n) is 1.17. The van der Waals surface area contributed by atoms with E-state index in [9.17, 15) is 4.57 Å². The predicted octanol–water partition coefficient (Wildman–Crippen LogP) is 1.88. The lowest BCUT2D eigenvalue weighted by molar-refractivity contribution is 0.211. The Morgan fingerprint density at radius 3 is 2.29 bits per heavy atom. The molecular weight excluding hydrogens is 205 g/mol. The lowest BCUT2D eigenvalue weighted by atomic mass is 10.3. The summed E-state index contributed by atoms with van der Waals surface area (Å²) in [6.45, 7) is 0. The zero-order valence-electron chi connectivity index (χ0n) is 8.73. The third-order valence-corrected chi connectivity index (χ3v) is 3.99. The number of nitrogens with zero attached hydrogens (tertiary/aromatic N) is 1. The lowest BCUT2D eigenvalue weighted by Crippen LogP contribution is -2.10. The molecule has 1 rings (SSSR count). The number of rotatable bonds is 6. The van der Waals surface area contributed by atoms with Crippen LogP contribution in [0.3, 0.4) is 0 Å². The van der Waals surface area contributed by atoms with Gasteiger partial charge in [0.25, 0.3) is 0 Å². The third kappa shape index (κ3) is 3.08. The normalized spacial score (nSPS) is 18.4. The Morgan fingerprint density at radius 1 is 1.36 bits per heavy atom. The summed E-state index contributed by atoms with van der Waals surface area (Å²) in [5, 5.41) is 3.85. The summed E-state index contributed by atoms with van der Waals surface area (Å²) in [7, 11) is 1.24. The molecule has 0 bridgehead atoms. The Bertz CT molecular complexity index is 254. The van der Waals surface area contributed by atoms with Crippen molar-refractivity contribution in [2.24, 2.45) is 11.1 Å². The zero-order chi connectivity index (χ0) is 10.6. The van der Waals surface area contributed by atoms with E-state index in [4.69, 9.17) is 13.9 Å². The Hall–Kier alpha value is -0.380. The molecule has 0 spiro atoms. The first-order chi connectivity index (χ1) is 6.65. The summed E-state index contributed by atoms with van der Waals surface area (Å²) in [6.07, 6.45) is 2.38. The molecule has 0 aliphatic heterocycles. The molecule has 0 N–H and O–H groups in total. The van der Waals surface area contributed by atoms with Crippen LogP contribution in [0.1, 0.15) is 12.8 Å². The van der Waals surface area contributed by atoms with Crippen LogP contribution in [0, 0.1) is 5.92 Å². The maximum absolute atomic E-state index is 11.8. The molecule has 0 heterocycles. The molecule has 6 heteroatoms. The van der Waals surface area contributed by atoms with E-state index in [1.54, 1.807) is 0 Å². The van der Waals surface area contributed by atoms with Crippen LogP contribution < -0.4 is 0 Å². The van der Waals surface area contributed by atoms with Gasteiger partial charge in [-0.25, -0.2) is 0 Å². The van der Waals surface area contributed by atoms with Crippen LogP contribution in [0.4, 0.5) is 0 Å². The van der Waals surface area contributed by atoms with Crippen molar-refractivity contribution in [2.75, 3.05) is 27.5 Å². The van der Waals surface area contributed by atoms with Crippen LogP contribution in [0.15, 0.2) is 5.16 Å². The Kier molecular flexibility index (Phi) is 4.11. The summed E-state index contributed by atoms with van der Waals surface area (Å²) in [6, 6.07) is 0. The first-order valence-electron chi connectivity index (χ1n) is 4.45. The molecule has 14 heavy (non-hydrogen) atoms. The van der Waals surface area contributed by atoms with Gasteiger partial charge in [0.1, 0.15) is 7.11 Å². The van der Waals surface area contributed by atoms with Crippen LogP contribution in [0.5, 0.6) is 0 Å². The van der Waals surface area contributed by atoms with E-state index in [2.05, 4.69) is 5.16 Å². The molecule has 1 saturated carbocycles. The fraction of sp³-hybridized carbons (Fsp3) is 0.875. The molecule has 1 aliphatic rings. The van der Waals surface area contributed by atoms with Crippen molar-refractivity contribution >= 4 is 13.3 Å². The lowest BCUT2D eigenvalue weighted by Gasteiger charge is -2.13. The zero-order valence-corrected chi connectivity index (χ0v) is 9.62. The van der Waals surface area contributed by atoms with Crippen LogP contribution in [0.2, 0.25) is 0 Å². The number of hydrogen-bond donors (Lipinski definition) is 0. The van der Waals surface area contributed by atoms with Crippen LogP contribution in [-0.2, 0) is 18.5 Å². The monoisotopic (exact) mass is 221 g/mol. The van der Waals surface area contributed by atoms with Crippen molar-refractivity contribution in [1.29, 1.82) is 0 Å². The molecule has 0 aromatic carbocycles. The standard InChI is InChI=1S/C8H16NO4P/c1-11-9-8(7-4-5-7)6-14(10,12-2)13-3/h7H,4-6H2,1-3H3/b9-8+. The van der Waals surface area contributed by atoms with Crippen molar-refractivity contribution in [2.45, 2.75) is 12.8 Å². The van der Waals surface area contributed by atoms with Crippen molar-refractivity contribution < 1.29 is 18.5 Å². The van der Waals surface area contributed by atoms with Gasteiger partial charge in [-0.2, -0.15) is 0 Å². The molecule has 1 aliphatic carbocycles. The van der Waals surface area contributed by atoms with Gasteiger partial charge in [-0.3, -0.25) is 4.57 Å². The Morgan fingerprint density at radius 2 is 1.93 bits per heavy atom. The van der Waals surface area contributed by atoms with E-state index in [0.717, 1.165) is 18.6 Å². The highest BCUT2D eigenvalue weighted by Gasteiger charge is 2.34. The van der Waals surface area contributed by atoms with Gasteiger partial charge in [-0.15, -0.1) is 0 Å². The van der Waals surface area contributed by atoms with Gasteiger partial charge in [-0.1, -0.05) is 5.16 Å². The highest BCUT2D eigenvalue weighted by Crippen LogP contribution is 2.48. The molecular formula is C8H16NO4P. The Balaban J connectivity index is 2.62. The highest BCUT2D eigenvalue weighted by molar-refractivity contribution is 7.54. The predicted molar refractivity (Wildman–Crippen MR) is 53.7 cm³/mol. The number of hydrogen-bond acceptors (Lipinski definition) is 5. The van der Waals surface area contributed by atoms with Gasteiger partial charge in [0.05, 0.1) is 11.9 Å². The van der Waals surface area contributed by atoms with Crippen molar-refractivity contribution in [3.8, 4) is 0 Å². The second kappa shape index (κ2) is 4.91. The maximum Gasteiger partial charge on any atom is 0.335 e. The van der Waals surface area contributed by atoms with Gasteiger partial charge in [0, 0.05) is 20.1 Å². The first kappa shape index (κ1) is 11.7. The maximum atomic E-state index is 11.8. The average molecular weight is 221 g/mol. The molecule has 0 atom stereocenters. The van der Waals surface area contributed by atoms with Crippen LogP contribution >= 0.6 is 7.60 Å². The van der Waals surface area contributed by atoms with Crippen molar-refractivity contribution in [3.63, 3.8) is 0 Å². The quantitative estimate of drug-likeness (QED) is 0.390. The minimum Gasteiger partial charge on any atom is -0.399 e. The van der Waals surface area contributed by atoms with Gasteiger partial charge in [0.2, 0.25) is 0 Å². The topological polar surface area (TPSA) is 57.1 Å². The molecule has 82 valence electrons. The summed E-state index contributed by atoms with van der Waals surface area (Å²) in [4.78, 5) is 4.70. The van der Waals surface area contributed by atoms with E-state index in [1.165, 1.54) is 21.3 Å². The molecule has 0 amide bonds. The summed E-state index contributed by atoms with van der Waals surface area (Å²) >= 11 is 0. The van der Waals surface area contributed by atoms with Crippen molar-refractivity contribution in [3.05, 3.63) is 0 Å². The van der Waals surface area contributed by atoms with E-state index in [1.807, 2.05) is 0 Å². The van der Waals surface area contributed by atoms with Gasteiger partial charge >= 0.3 is 7.60 Å². The Labute approximate surface area is 83.9 Å². The first-order valence-corrected chi connectivity index (χ1v) is 6.18. The summed E-state index contributed by atoms with van der Waals surface area (Å²) in [5.41, 5.74) is 0.777. The molecule has 1 fully saturated rings. The van der Waals surface area contributed by atoms with Gasteiger partial charge < -0.3 is 13.9 Å². The largest absolute Gasteiger partial charge is 0.399 e. The molecule has 5 nitrogen and oxygen atoms in total. The van der Waals surface area contributed by atoms with E-state index < -0.39 is 7.60 Å². The van der Waals surface area contributed by atoms with Gasteiger partial charge in [0.15, 0.2) is 0 Å². The average Bonchev–Trinajstić information content (AvgIpc) is 3.00. The van der Waals surface area contributed by atoms with E-state index in [0.29, 0.717) is 5.92 Å². The van der Waals surface area contributed by atoms with Gasteiger partial charge in [-0.05, 0) is 12.8 Å². The number of oxime groups is 1. The third-order valence-electron chi connectivity index (χ3n) is 2.17. The summed E-state index contributed by atoms with van der Waals surface area (Å²) < 4.78 is 21.5. The molecule has 0 saturated heterocycles. The van der Waals surface area contributed by atoms with E-state index in [-0.39, 0.29) is 6.16 Å². The fourth-order valence-corrected chi connectivity index (χ4v) is 2.29. The molecule has 0 aromatic heterocycles. The SMILES string of the molecule is CO/N=C(\CP(=O)(OC)OC)C1CC1. The molecule has 0 unspecified atom stereocenters. The van der Waals surface area contributed by atoms with Crippen LogP contribution in [-0.4, -0.2) is 33.2 Å². The molecule has 0 radical (unpaired) electrons. The van der Waals surface area contributed by atoms with Crippen LogP contribution in [0.25, 0.3) is 0 Å². The molecule has 0 aromatic rings. The minimum absolute atomic E-state index is 0.221. The second-order valence-corrected chi connectivity index (χ2v) is 5.44. The second-order valence-electron chi connectivity index (χ2n) is 3.17. The van der Waals surface area contributed by atoms with E-state index >= 15 is 0 Å². The highest BCUT2D eigenvalue weighted by atomic mass is 31.2. The van der Waals surface area contributed by atoms with Crippen molar-refractivity contribution in [1.82, 2.24) is 0 Å². The minimum atomic E-state index is -2.99. The summed E-state index contributed by atoms with van der Waals surface area (Å²) in [5.74, 6) is 0.397.